The number of nitrogens with two attached hydrogens (primary N) is 1. The van der Waals surface area contributed by atoms with Gasteiger partial charge in [0, 0.05) is 38.8 Å². The van der Waals surface area contributed by atoms with E-state index < -0.39 is 0 Å². The Bertz CT molecular complexity index is 627. The van der Waals surface area contributed by atoms with Crippen LogP contribution in [-0.4, -0.2) is 68.8 Å². The van der Waals surface area contributed by atoms with Gasteiger partial charge in [-0.1, -0.05) is 11.6 Å². The number of carbonyl (C=O) groups excluding carboxylic acids is 1. The van der Waals surface area contributed by atoms with Crippen molar-refractivity contribution in [1.29, 1.82) is 0 Å². The van der Waals surface area contributed by atoms with Crippen molar-refractivity contribution >= 4 is 48.0 Å². The molecule has 0 aliphatic carbocycles. The largest absolute Gasteiger partial charge is 0.496 e. The molecule has 9 heteroatoms. The highest BCUT2D eigenvalue weighted by molar-refractivity contribution is 6.33. The number of nitrogen functional groups attached to an aromatic ring is 1. The van der Waals surface area contributed by atoms with Crippen molar-refractivity contribution in [2.75, 3.05) is 58.8 Å². The highest BCUT2D eigenvalue weighted by Gasteiger charge is 2.28. The minimum absolute atomic E-state index is 0. The number of carbonyl (C=O) groups is 1. The number of benzene rings is 1. The lowest BCUT2D eigenvalue weighted by molar-refractivity contribution is 0.0223. The average Bonchev–Trinajstić information content (AvgIpc) is 2.64. The molecular formula is C18H28Cl3N3O3. The lowest BCUT2D eigenvalue weighted by Gasteiger charge is -2.37. The van der Waals surface area contributed by atoms with Gasteiger partial charge in [-0.15, -0.1) is 24.8 Å². The first-order chi connectivity index (χ1) is 12.1. The molecule has 0 saturated carbocycles. The second-order valence-electron chi connectivity index (χ2n) is 6.75. The zero-order valence-corrected chi connectivity index (χ0v) is 17.9. The van der Waals surface area contributed by atoms with Crippen molar-refractivity contribution in [1.82, 2.24) is 9.80 Å². The summed E-state index contributed by atoms with van der Waals surface area (Å²) in [6.07, 6.45) is 2.17. The molecule has 0 spiro atoms. The van der Waals surface area contributed by atoms with Gasteiger partial charge in [-0.3, -0.25) is 9.69 Å². The fourth-order valence-electron chi connectivity index (χ4n) is 3.62. The molecule has 2 fully saturated rings. The van der Waals surface area contributed by atoms with Gasteiger partial charge in [0.2, 0.25) is 0 Å². The van der Waals surface area contributed by atoms with Crippen molar-refractivity contribution in [3.63, 3.8) is 0 Å². The molecule has 1 amide bonds. The van der Waals surface area contributed by atoms with Crippen LogP contribution in [0.4, 0.5) is 5.69 Å². The Morgan fingerprint density at radius 1 is 1.30 bits per heavy atom. The lowest BCUT2D eigenvalue weighted by Crippen LogP contribution is -2.46. The molecule has 1 unspecified atom stereocenters. The molecule has 2 aliphatic rings. The first-order valence-electron chi connectivity index (χ1n) is 8.81. The Labute approximate surface area is 178 Å². The third-order valence-electron chi connectivity index (χ3n) is 4.98. The Morgan fingerprint density at radius 3 is 2.67 bits per heavy atom. The van der Waals surface area contributed by atoms with Crippen molar-refractivity contribution in [2.24, 2.45) is 5.92 Å². The summed E-state index contributed by atoms with van der Waals surface area (Å²) in [5, 5.41) is 0.381. The van der Waals surface area contributed by atoms with E-state index in [2.05, 4.69) is 4.90 Å². The van der Waals surface area contributed by atoms with Crippen LogP contribution >= 0.6 is 36.4 Å². The monoisotopic (exact) mass is 439 g/mol. The molecular weight excluding hydrogens is 413 g/mol. The number of piperidine rings is 1. The maximum atomic E-state index is 13.0. The Morgan fingerprint density at radius 2 is 2.00 bits per heavy atom. The van der Waals surface area contributed by atoms with Crippen molar-refractivity contribution < 1.29 is 14.3 Å². The Kier molecular flexibility index (Phi) is 9.98. The van der Waals surface area contributed by atoms with Crippen LogP contribution in [0.1, 0.15) is 23.2 Å². The van der Waals surface area contributed by atoms with Crippen LogP contribution in [0.2, 0.25) is 5.02 Å². The van der Waals surface area contributed by atoms with E-state index in [-0.39, 0.29) is 30.7 Å². The number of likely N-dealkylation sites (tertiary alicyclic amines) is 1. The molecule has 0 aromatic heterocycles. The van der Waals surface area contributed by atoms with Gasteiger partial charge in [0.05, 0.1) is 36.6 Å². The fourth-order valence-corrected chi connectivity index (χ4v) is 3.79. The summed E-state index contributed by atoms with van der Waals surface area (Å²) >= 11 is 6.11. The zero-order valence-electron chi connectivity index (χ0n) is 15.5. The van der Waals surface area contributed by atoms with Gasteiger partial charge in [-0.2, -0.15) is 0 Å². The number of methoxy groups -OCH3 is 1. The van der Waals surface area contributed by atoms with Crippen LogP contribution in [0.25, 0.3) is 0 Å². The summed E-state index contributed by atoms with van der Waals surface area (Å²) in [7, 11) is 1.54. The van der Waals surface area contributed by atoms with Crippen LogP contribution < -0.4 is 10.5 Å². The molecule has 3 rings (SSSR count). The third kappa shape index (κ3) is 6.03. The van der Waals surface area contributed by atoms with E-state index >= 15 is 0 Å². The van der Waals surface area contributed by atoms with E-state index in [1.807, 2.05) is 4.90 Å². The number of morpholine rings is 1. The van der Waals surface area contributed by atoms with E-state index in [0.29, 0.717) is 27.9 Å². The van der Waals surface area contributed by atoms with Gasteiger partial charge in [-0.25, -0.2) is 0 Å². The number of ether oxygens (including phenoxy) is 2. The van der Waals surface area contributed by atoms with Crippen LogP contribution in [0.5, 0.6) is 5.75 Å². The van der Waals surface area contributed by atoms with Gasteiger partial charge in [0.15, 0.2) is 0 Å². The molecule has 2 heterocycles. The normalized spacial score (nSPS) is 20.4. The van der Waals surface area contributed by atoms with Crippen LogP contribution in [0.15, 0.2) is 12.1 Å². The quantitative estimate of drug-likeness (QED) is 0.729. The fraction of sp³-hybridized carbons (Fsp3) is 0.611. The highest BCUT2D eigenvalue weighted by atomic mass is 35.5. The molecule has 0 radical (unpaired) electrons. The van der Waals surface area contributed by atoms with Crippen LogP contribution in [0, 0.1) is 5.92 Å². The van der Waals surface area contributed by atoms with Gasteiger partial charge >= 0.3 is 0 Å². The molecule has 0 bridgehead atoms. The van der Waals surface area contributed by atoms with E-state index in [4.69, 9.17) is 26.8 Å². The minimum atomic E-state index is -0.0366. The number of hydrogen-bond acceptors (Lipinski definition) is 5. The second-order valence-corrected chi connectivity index (χ2v) is 7.15. The maximum absolute atomic E-state index is 13.0. The Hall–Kier alpha value is -0.920. The predicted molar refractivity (Wildman–Crippen MR) is 113 cm³/mol. The van der Waals surface area contributed by atoms with Gasteiger partial charge < -0.3 is 20.1 Å². The summed E-state index contributed by atoms with van der Waals surface area (Å²) < 4.78 is 10.7. The SMILES string of the molecule is COc1cc(N)c(Cl)cc1C(=O)N1CCCC(CN2CCOCC2)C1.Cl.Cl. The predicted octanol–water partition coefficient (Wildman–Crippen LogP) is 2.96. The van der Waals surface area contributed by atoms with Crippen LogP contribution in [-0.2, 0) is 4.74 Å². The van der Waals surface area contributed by atoms with E-state index in [1.54, 1.807) is 12.1 Å². The number of rotatable bonds is 4. The number of amides is 1. The van der Waals surface area contributed by atoms with Gasteiger partial charge in [0.1, 0.15) is 5.75 Å². The standard InChI is InChI=1S/C18H26ClN3O3.2ClH/c1-24-17-10-16(20)15(19)9-14(17)18(23)22-4-2-3-13(12-22)11-21-5-7-25-8-6-21;;/h9-10,13H,2-8,11-12,20H2,1H3;2*1H. The maximum Gasteiger partial charge on any atom is 0.257 e. The summed E-state index contributed by atoms with van der Waals surface area (Å²) in [6, 6.07) is 3.23. The topological polar surface area (TPSA) is 68.0 Å². The second kappa shape index (κ2) is 11.2. The first kappa shape index (κ1) is 24.1. The first-order valence-corrected chi connectivity index (χ1v) is 9.18. The van der Waals surface area contributed by atoms with Gasteiger partial charge in [0.25, 0.3) is 5.91 Å². The molecule has 1 aromatic rings. The summed E-state index contributed by atoms with van der Waals surface area (Å²) in [5.74, 6) is 0.929. The van der Waals surface area contributed by atoms with Gasteiger partial charge in [-0.05, 0) is 24.8 Å². The number of nitrogens with zero attached hydrogens (tertiary/aromatic N) is 2. The van der Waals surface area contributed by atoms with Crippen molar-refractivity contribution in [2.45, 2.75) is 12.8 Å². The summed E-state index contributed by atoms with van der Waals surface area (Å²) in [6.45, 7) is 6.11. The van der Waals surface area contributed by atoms with Crippen molar-refractivity contribution in [3.8, 4) is 5.75 Å². The minimum Gasteiger partial charge on any atom is -0.496 e. The summed E-state index contributed by atoms with van der Waals surface area (Å²) in [4.78, 5) is 17.3. The molecule has 2 aliphatic heterocycles. The molecule has 6 nitrogen and oxygen atoms in total. The van der Waals surface area contributed by atoms with Crippen molar-refractivity contribution in [3.05, 3.63) is 22.7 Å². The molecule has 2 saturated heterocycles. The molecule has 27 heavy (non-hydrogen) atoms. The van der Waals surface area contributed by atoms with Crippen LogP contribution in [0.3, 0.4) is 0 Å². The molecule has 1 aromatic carbocycles. The smallest absolute Gasteiger partial charge is 0.257 e. The lowest BCUT2D eigenvalue weighted by atomic mass is 9.96. The number of halogens is 3. The number of anilines is 1. The average molecular weight is 441 g/mol. The molecule has 154 valence electrons. The zero-order chi connectivity index (χ0) is 17.8. The molecule has 2 N–H and O–H groups in total. The highest BCUT2D eigenvalue weighted by Crippen LogP contribution is 2.31. The van der Waals surface area contributed by atoms with E-state index in [0.717, 1.165) is 58.8 Å². The van der Waals surface area contributed by atoms with E-state index in [1.165, 1.54) is 7.11 Å². The number of hydrogen-bond donors (Lipinski definition) is 1. The Balaban J connectivity index is 0.00000182. The summed E-state index contributed by atoms with van der Waals surface area (Å²) in [5.41, 5.74) is 6.71. The van der Waals surface area contributed by atoms with E-state index in [9.17, 15) is 4.79 Å². The third-order valence-corrected chi connectivity index (χ3v) is 5.30. The molecule has 1 atom stereocenters.